The summed E-state index contributed by atoms with van der Waals surface area (Å²) in [4.78, 5) is 0. The van der Waals surface area contributed by atoms with Crippen molar-refractivity contribution in [3.05, 3.63) is 23.7 Å². The average Bonchev–Trinajstić information content (AvgIpc) is 2.34. The van der Waals surface area contributed by atoms with Gasteiger partial charge in [0.05, 0.1) is 0 Å². The van der Waals surface area contributed by atoms with Gasteiger partial charge < -0.3 is 15.3 Å². The van der Waals surface area contributed by atoms with E-state index in [2.05, 4.69) is 0 Å². The molecule has 0 aliphatic heterocycles. The molecular formula is C6H8N2O2. The summed E-state index contributed by atoms with van der Waals surface area (Å²) in [5, 5.41) is 15.5. The van der Waals surface area contributed by atoms with E-state index in [4.69, 9.17) is 20.7 Å². The van der Waals surface area contributed by atoms with Crippen LogP contribution in [0.2, 0.25) is 0 Å². The molecule has 1 heterocycles. The largest absolute Gasteiger partial charge is 0.455 e. The van der Waals surface area contributed by atoms with E-state index in [0.717, 1.165) is 0 Å². The fraction of sp³-hybridized carbons (Fsp3) is 0.167. The molecule has 0 atom stereocenters. The minimum atomic E-state index is -0.159. The highest BCUT2D eigenvalue weighted by molar-refractivity contribution is 5.92. The summed E-state index contributed by atoms with van der Waals surface area (Å²) in [6.07, 6.45) is 0. The molecule has 0 aliphatic rings. The summed E-state index contributed by atoms with van der Waals surface area (Å²) in [7, 11) is 0. The summed E-state index contributed by atoms with van der Waals surface area (Å²) in [6.45, 7) is -0.159. The van der Waals surface area contributed by atoms with Gasteiger partial charge in [0.25, 0.3) is 0 Å². The first-order valence-electron chi connectivity index (χ1n) is 2.78. The number of aliphatic hydroxyl groups excluding tert-OH is 1. The Bertz CT molecular complexity index is 242. The maximum atomic E-state index is 8.53. The van der Waals surface area contributed by atoms with Crippen LogP contribution in [-0.4, -0.2) is 10.9 Å². The lowest BCUT2D eigenvalue weighted by Crippen LogP contribution is -2.09. The van der Waals surface area contributed by atoms with Gasteiger partial charge in [0.1, 0.15) is 12.4 Å². The number of aliphatic hydroxyl groups is 1. The van der Waals surface area contributed by atoms with Crippen LogP contribution in [-0.2, 0) is 6.61 Å². The van der Waals surface area contributed by atoms with Crippen LogP contribution in [0.3, 0.4) is 0 Å². The number of nitrogens with one attached hydrogen (secondary N) is 1. The minimum absolute atomic E-state index is 0.125. The zero-order chi connectivity index (χ0) is 7.56. The van der Waals surface area contributed by atoms with Crippen molar-refractivity contribution in [3.63, 3.8) is 0 Å². The highest BCUT2D eigenvalue weighted by atomic mass is 16.4. The highest BCUT2D eigenvalue weighted by Gasteiger charge is 2.01. The maximum absolute atomic E-state index is 8.53. The average molecular weight is 140 g/mol. The van der Waals surface area contributed by atoms with Crippen LogP contribution in [0.15, 0.2) is 16.5 Å². The lowest BCUT2D eigenvalue weighted by Gasteiger charge is -1.89. The predicted octanol–water partition coefficient (Wildman–Crippen LogP) is 0.0560. The first-order valence-corrected chi connectivity index (χ1v) is 2.78. The van der Waals surface area contributed by atoms with Crippen LogP contribution < -0.4 is 5.73 Å². The van der Waals surface area contributed by atoms with Gasteiger partial charge in [-0.1, -0.05) is 0 Å². The monoisotopic (exact) mass is 140 g/mol. The van der Waals surface area contributed by atoms with Gasteiger partial charge in [-0.2, -0.15) is 0 Å². The smallest absolute Gasteiger partial charge is 0.168 e. The molecule has 0 saturated carbocycles. The fourth-order valence-electron chi connectivity index (χ4n) is 0.608. The van der Waals surface area contributed by atoms with Gasteiger partial charge in [-0.15, -0.1) is 0 Å². The number of furan rings is 1. The third-order valence-corrected chi connectivity index (χ3v) is 1.08. The van der Waals surface area contributed by atoms with Gasteiger partial charge >= 0.3 is 0 Å². The zero-order valence-corrected chi connectivity index (χ0v) is 5.29. The molecule has 10 heavy (non-hydrogen) atoms. The summed E-state index contributed by atoms with van der Waals surface area (Å²) in [6, 6.07) is 3.13. The Morgan fingerprint density at radius 1 is 1.70 bits per heavy atom. The van der Waals surface area contributed by atoms with E-state index in [9.17, 15) is 0 Å². The molecule has 0 radical (unpaired) electrons. The van der Waals surface area contributed by atoms with Crippen molar-refractivity contribution >= 4 is 5.84 Å². The molecule has 0 amide bonds. The minimum Gasteiger partial charge on any atom is -0.455 e. The van der Waals surface area contributed by atoms with Gasteiger partial charge in [-0.25, -0.2) is 0 Å². The standard InChI is InChI=1S/C6H8N2O2/c7-6(8)5-2-1-4(3-9)10-5/h1-2,9H,3H2,(H3,7,8). The van der Waals surface area contributed by atoms with Crippen molar-refractivity contribution in [2.75, 3.05) is 0 Å². The van der Waals surface area contributed by atoms with Crippen LogP contribution in [0, 0.1) is 5.41 Å². The number of amidine groups is 1. The number of nitrogen functional groups attached to an aromatic ring is 1. The maximum Gasteiger partial charge on any atom is 0.168 e. The second-order valence-electron chi connectivity index (χ2n) is 1.84. The van der Waals surface area contributed by atoms with E-state index < -0.39 is 0 Å². The van der Waals surface area contributed by atoms with E-state index in [1.165, 1.54) is 0 Å². The summed E-state index contributed by atoms with van der Waals surface area (Å²) < 4.78 is 4.89. The van der Waals surface area contributed by atoms with Crippen molar-refractivity contribution in [1.82, 2.24) is 0 Å². The van der Waals surface area contributed by atoms with Crippen molar-refractivity contribution < 1.29 is 9.52 Å². The molecule has 1 aromatic heterocycles. The lowest BCUT2D eigenvalue weighted by molar-refractivity contribution is 0.246. The molecule has 0 saturated heterocycles. The number of nitrogens with two attached hydrogens (primary N) is 1. The third kappa shape index (κ3) is 1.16. The quantitative estimate of drug-likeness (QED) is 0.401. The number of rotatable bonds is 2. The summed E-state index contributed by atoms with van der Waals surface area (Å²) in [5.41, 5.74) is 5.09. The fourth-order valence-corrected chi connectivity index (χ4v) is 0.608. The Kier molecular flexibility index (Phi) is 1.73. The Balaban J connectivity index is 2.88. The van der Waals surface area contributed by atoms with Gasteiger partial charge in [0.15, 0.2) is 11.6 Å². The van der Waals surface area contributed by atoms with Gasteiger partial charge in [-0.3, -0.25) is 5.41 Å². The molecular weight excluding hydrogens is 132 g/mol. The van der Waals surface area contributed by atoms with E-state index in [-0.39, 0.29) is 12.4 Å². The first kappa shape index (κ1) is 6.82. The van der Waals surface area contributed by atoms with Crippen molar-refractivity contribution in [2.45, 2.75) is 6.61 Å². The molecule has 1 rings (SSSR count). The topological polar surface area (TPSA) is 83.2 Å². The second kappa shape index (κ2) is 2.53. The second-order valence-corrected chi connectivity index (χ2v) is 1.84. The molecule has 54 valence electrons. The SMILES string of the molecule is N=C(N)c1ccc(CO)o1. The molecule has 4 nitrogen and oxygen atoms in total. The molecule has 0 spiro atoms. The molecule has 0 bridgehead atoms. The van der Waals surface area contributed by atoms with Crippen molar-refractivity contribution in [2.24, 2.45) is 5.73 Å². The Morgan fingerprint density at radius 3 is 2.70 bits per heavy atom. The Morgan fingerprint density at radius 2 is 2.40 bits per heavy atom. The zero-order valence-electron chi connectivity index (χ0n) is 5.29. The Hall–Kier alpha value is -1.29. The molecule has 0 fully saturated rings. The molecule has 1 aromatic rings. The molecule has 0 unspecified atom stereocenters. The van der Waals surface area contributed by atoms with Gasteiger partial charge in [-0.05, 0) is 12.1 Å². The van der Waals surface area contributed by atoms with Crippen LogP contribution >= 0.6 is 0 Å². The number of hydrogen-bond acceptors (Lipinski definition) is 3. The summed E-state index contributed by atoms with van der Waals surface area (Å²) in [5.74, 6) is 0.592. The first-order chi connectivity index (χ1) is 4.74. The molecule has 4 N–H and O–H groups in total. The van der Waals surface area contributed by atoms with Gasteiger partial charge in [0, 0.05) is 0 Å². The van der Waals surface area contributed by atoms with E-state index in [0.29, 0.717) is 11.5 Å². The molecule has 0 aliphatic carbocycles. The summed E-state index contributed by atoms with van der Waals surface area (Å²) >= 11 is 0. The van der Waals surface area contributed by atoms with Crippen molar-refractivity contribution in [3.8, 4) is 0 Å². The van der Waals surface area contributed by atoms with Gasteiger partial charge in [0.2, 0.25) is 0 Å². The van der Waals surface area contributed by atoms with Crippen LogP contribution in [0.25, 0.3) is 0 Å². The van der Waals surface area contributed by atoms with Crippen molar-refractivity contribution in [1.29, 1.82) is 5.41 Å². The Labute approximate surface area is 57.8 Å². The third-order valence-electron chi connectivity index (χ3n) is 1.08. The van der Waals surface area contributed by atoms with E-state index in [1.807, 2.05) is 0 Å². The van der Waals surface area contributed by atoms with Crippen LogP contribution in [0.5, 0.6) is 0 Å². The van der Waals surface area contributed by atoms with Crippen LogP contribution in [0.1, 0.15) is 11.5 Å². The highest BCUT2D eigenvalue weighted by Crippen LogP contribution is 2.05. The van der Waals surface area contributed by atoms with E-state index in [1.54, 1.807) is 12.1 Å². The lowest BCUT2D eigenvalue weighted by atomic mass is 10.4. The molecule has 4 heteroatoms. The number of hydrogen-bond donors (Lipinski definition) is 3. The van der Waals surface area contributed by atoms with E-state index >= 15 is 0 Å². The molecule has 0 aromatic carbocycles. The predicted molar refractivity (Wildman–Crippen MR) is 35.6 cm³/mol. The normalized spacial score (nSPS) is 9.70. The van der Waals surface area contributed by atoms with Crippen LogP contribution in [0.4, 0.5) is 0 Å².